The van der Waals surface area contributed by atoms with Gasteiger partial charge in [-0.2, -0.15) is 0 Å². The number of ether oxygens (including phenoxy) is 1. The molecule has 23 heavy (non-hydrogen) atoms. The lowest BCUT2D eigenvalue weighted by Gasteiger charge is -2.04. The fourth-order valence-corrected chi connectivity index (χ4v) is 2.36. The Morgan fingerprint density at radius 2 is 2.13 bits per heavy atom. The van der Waals surface area contributed by atoms with Crippen molar-refractivity contribution < 1.29 is 13.9 Å². The lowest BCUT2D eigenvalue weighted by Crippen LogP contribution is -2.26. The molecule has 0 saturated carbocycles. The molecule has 1 amide bonds. The Labute approximate surface area is 132 Å². The average molecular weight is 313 g/mol. The zero-order valence-corrected chi connectivity index (χ0v) is 12.6. The van der Waals surface area contributed by atoms with Crippen LogP contribution in [0.15, 0.2) is 48.8 Å². The van der Waals surface area contributed by atoms with E-state index in [2.05, 4.69) is 10.3 Å². The Morgan fingerprint density at radius 3 is 2.91 bits per heavy atom. The van der Waals surface area contributed by atoms with Crippen LogP contribution in [0.4, 0.5) is 4.39 Å². The van der Waals surface area contributed by atoms with Crippen molar-refractivity contribution in [3.63, 3.8) is 0 Å². The number of rotatable bonds is 5. The number of benzene rings is 1. The molecule has 5 nitrogen and oxygen atoms in total. The number of hydrogen-bond acceptors (Lipinski definition) is 3. The second-order valence-electron chi connectivity index (χ2n) is 5.03. The Hall–Kier alpha value is -2.89. The number of aromatic nitrogens is 2. The van der Waals surface area contributed by atoms with Crippen LogP contribution < -0.4 is 10.1 Å². The number of carbonyl (C=O) groups is 1. The molecule has 6 heteroatoms. The van der Waals surface area contributed by atoms with Crippen molar-refractivity contribution in [2.75, 3.05) is 13.7 Å². The van der Waals surface area contributed by atoms with Crippen LogP contribution in [0.2, 0.25) is 0 Å². The number of halogens is 1. The van der Waals surface area contributed by atoms with Crippen LogP contribution in [-0.2, 0) is 6.42 Å². The topological polar surface area (TPSA) is 55.6 Å². The highest BCUT2D eigenvalue weighted by Gasteiger charge is 2.11. The average Bonchev–Trinajstić information content (AvgIpc) is 2.97. The second-order valence-corrected chi connectivity index (χ2v) is 5.03. The molecule has 0 aliphatic rings. The monoisotopic (exact) mass is 313 g/mol. The molecule has 0 saturated heterocycles. The summed E-state index contributed by atoms with van der Waals surface area (Å²) in [5.41, 5.74) is 1.60. The smallest absolute Gasteiger partial charge is 0.254 e. The van der Waals surface area contributed by atoms with Crippen molar-refractivity contribution in [1.82, 2.24) is 14.7 Å². The van der Waals surface area contributed by atoms with Gasteiger partial charge in [-0.1, -0.05) is 12.1 Å². The highest BCUT2D eigenvalue weighted by atomic mass is 19.1. The van der Waals surface area contributed by atoms with E-state index in [1.54, 1.807) is 19.2 Å². The Bertz CT molecular complexity index is 845. The van der Waals surface area contributed by atoms with Crippen molar-refractivity contribution in [3.05, 3.63) is 65.9 Å². The van der Waals surface area contributed by atoms with E-state index < -0.39 is 11.7 Å². The molecule has 1 aromatic carbocycles. The number of pyridine rings is 1. The van der Waals surface area contributed by atoms with Gasteiger partial charge in [-0.25, -0.2) is 9.37 Å². The second kappa shape index (κ2) is 6.48. The highest BCUT2D eigenvalue weighted by molar-refractivity contribution is 5.94. The van der Waals surface area contributed by atoms with Gasteiger partial charge in [-0.3, -0.25) is 4.79 Å². The maximum Gasteiger partial charge on any atom is 0.254 e. The molecule has 0 fully saturated rings. The molecule has 0 spiro atoms. The third kappa shape index (κ3) is 3.15. The van der Waals surface area contributed by atoms with E-state index in [0.717, 1.165) is 11.3 Å². The van der Waals surface area contributed by atoms with Crippen molar-refractivity contribution in [1.29, 1.82) is 0 Å². The molecule has 0 aliphatic heterocycles. The van der Waals surface area contributed by atoms with Gasteiger partial charge in [0.1, 0.15) is 5.82 Å². The summed E-state index contributed by atoms with van der Waals surface area (Å²) in [5.74, 6) is -0.263. The molecule has 2 aromatic heterocycles. The molecule has 0 aliphatic carbocycles. The number of hydrogen-bond donors (Lipinski definition) is 1. The molecular formula is C17H16FN3O2. The largest absolute Gasteiger partial charge is 0.493 e. The van der Waals surface area contributed by atoms with Crippen molar-refractivity contribution in [2.24, 2.45) is 0 Å². The van der Waals surface area contributed by atoms with Crippen LogP contribution >= 0.6 is 0 Å². The molecular weight excluding hydrogens is 297 g/mol. The van der Waals surface area contributed by atoms with Gasteiger partial charge in [0.15, 0.2) is 11.4 Å². The molecule has 0 unspecified atom stereocenters. The van der Waals surface area contributed by atoms with E-state index in [1.165, 1.54) is 12.1 Å². The van der Waals surface area contributed by atoms with Crippen LogP contribution in [0.25, 0.3) is 5.65 Å². The number of imidazole rings is 1. The van der Waals surface area contributed by atoms with Crippen LogP contribution in [0.3, 0.4) is 0 Å². The first-order valence-electron chi connectivity index (χ1n) is 7.22. The van der Waals surface area contributed by atoms with Gasteiger partial charge < -0.3 is 14.5 Å². The predicted octanol–water partition coefficient (Wildman–Crippen LogP) is 2.45. The van der Waals surface area contributed by atoms with Gasteiger partial charge in [-0.15, -0.1) is 0 Å². The highest BCUT2D eigenvalue weighted by Crippen LogP contribution is 2.18. The van der Waals surface area contributed by atoms with Gasteiger partial charge in [0.2, 0.25) is 0 Å². The maximum atomic E-state index is 13.5. The molecule has 3 rings (SSSR count). The third-order valence-electron chi connectivity index (χ3n) is 3.50. The fraction of sp³-hybridized carbons (Fsp3) is 0.176. The summed E-state index contributed by atoms with van der Waals surface area (Å²) in [4.78, 5) is 16.4. The summed E-state index contributed by atoms with van der Waals surface area (Å²) in [7, 11) is 1.60. The van der Waals surface area contributed by atoms with Crippen molar-refractivity contribution >= 4 is 11.6 Å². The quantitative estimate of drug-likeness (QED) is 0.787. The summed E-state index contributed by atoms with van der Waals surface area (Å²) in [6.07, 6.45) is 4.31. The van der Waals surface area contributed by atoms with Crippen LogP contribution in [0, 0.1) is 5.82 Å². The number of methoxy groups -OCH3 is 1. The number of nitrogens with one attached hydrogen (secondary N) is 1. The third-order valence-corrected chi connectivity index (χ3v) is 3.50. The van der Waals surface area contributed by atoms with E-state index in [4.69, 9.17) is 4.74 Å². The lowest BCUT2D eigenvalue weighted by molar-refractivity contribution is 0.0950. The molecule has 2 heterocycles. The van der Waals surface area contributed by atoms with Crippen LogP contribution in [0.5, 0.6) is 5.75 Å². The molecule has 0 radical (unpaired) electrons. The van der Waals surface area contributed by atoms with Gasteiger partial charge in [0, 0.05) is 25.4 Å². The Morgan fingerprint density at radius 1 is 1.30 bits per heavy atom. The summed E-state index contributed by atoms with van der Waals surface area (Å²) in [6.45, 7) is 0.374. The van der Waals surface area contributed by atoms with E-state index in [9.17, 15) is 9.18 Å². The molecule has 118 valence electrons. The van der Waals surface area contributed by atoms with Crippen molar-refractivity contribution in [2.45, 2.75) is 6.42 Å². The first-order valence-corrected chi connectivity index (χ1v) is 7.22. The van der Waals surface area contributed by atoms with Gasteiger partial charge in [0.25, 0.3) is 5.91 Å². The van der Waals surface area contributed by atoms with E-state index in [-0.39, 0.29) is 5.56 Å². The van der Waals surface area contributed by atoms with Crippen LogP contribution in [-0.4, -0.2) is 28.9 Å². The molecule has 0 bridgehead atoms. The van der Waals surface area contributed by atoms with Crippen LogP contribution in [0.1, 0.15) is 16.1 Å². The Kier molecular flexibility index (Phi) is 4.23. The number of nitrogens with zero attached hydrogens (tertiary/aromatic N) is 2. The van der Waals surface area contributed by atoms with Gasteiger partial charge >= 0.3 is 0 Å². The minimum atomic E-state index is -0.525. The summed E-state index contributed by atoms with van der Waals surface area (Å²) in [6, 6.07) is 9.62. The fourth-order valence-electron chi connectivity index (χ4n) is 2.36. The van der Waals surface area contributed by atoms with E-state index in [0.29, 0.717) is 18.7 Å². The first-order chi connectivity index (χ1) is 11.2. The zero-order chi connectivity index (χ0) is 16.2. The number of amides is 1. The normalized spacial score (nSPS) is 10.7. The standard InChI is InChI=1S/C17H16FN3O2/c1-23-15-7-4-10-21-11-12(20-16(15)21)8-9-19-17(22)13-5-2-3-6-14(13)18/h2-7,10-11H,8-9H2,1H3,(H,19,22). The molecule has 3 aromatic rings. The molecule has 1 N–H and O–H groups in total. The maximum absolute atomic E-state index is 13.5. The van der Waals surface area contributed by atoms with Gasteiger partial charge in [0.05, 0.1) is 18.4 Å². The molecule has 0 atom stereocenters. The Balaban J connectivity index is 1.65. The first kappa shape index (κ1) is 15.0. The predicted molar refractivity (Wildman–Crippen MR) is 84.2 cm³/mol. The minimum absolute atomic E-state index is 0.0455. The van der Waals surface area contributed by atoms with Gasteiger partial charge in [-0.05, 0) is 24.3 Å². The number of carbonyl (C=O) groups excluding carboxylic acids is 1. The summed E-state index contributed by atoms with van der Waals surface area (Å²) in [5, 5.41) is 2.70. The SMILES string of the molecule is COc1cccn2cc(CCNC(=O)c3ccccc3F)nc12. The lowest BCUT2D eigenvalue weighted by atomic mass is 10.2. The van der Waals surface area contributed by atoms with E-state index in [1.807, 2.05) is 28.9 Å². The summed E-state index contributed by atoms with van der Waals surface area (Å²) >= 11 is 0. The van der Waals surface area contributed by atoms with Crippen molar-refractivity contribution in [3.8, 4) is 5.75 Å². The number of fused-ring (bicyclic) bond motifs is 1. The zero-order valence-electron chi connectivity index (χ0n) is 12.6. The summed E-state index contributed by atoms with van der Waals surface area (Å²) < 4.78 is 20.7. The van der Waals surface area contributed by atoms with E-state index >= 15 is 0 Å². The minimum Gasteiger partial charge on any atom is -0.493 e.